The van der Waals surface area contributed by atoms with Crippen molar-refractivity contribution in [1.29, 1.82) is 0 Å². The maximum atomic E-state index is 6.15. The number of nitrogens with zero attached hydrogens (tertiary/aromatic N) is 3. The lowest BCUT2D eigenvalue weighted by atomic mass is 10.3. The van der Waals surface area contributed by atoms with Crippen LogP contribution in [0.25, 0.3) is 0 Å². The molecule has 1 aliphatic rings. The highest BCUT2D eigenvalue weighted by Crippen LogP contribution is 2.25. The highest BCUT2D eigenvalue weighted by molar-refractivity contribution is 6.33. The summed E-state index contributed by atoms with van der Waals surface area (Å²) in [6.07, 6.45) is 2.46. The van der Waals surface area contributed by atoms with Crippen LogP contribution in [0.3, 0.4) is 0 Å². The first-order valence-electron chi connectivity index (χ1n) is 6.84. The lowest BCUT2D eigenvalue weighted by Gasteiger charge is -2.17. The van der Waals surface area contributed by atoms with Gasteiger partial charge in [-0.05, 0) is 31.9 Å². The van der Waals surface area contributed by atoms with E-state index in [2.05, 4.69) is 20.2 Å². The lowest BCUT2D eigenvalue weighted by Crippen LogP contribution is -2.19. The van der Waals surface area contributed by atoms with Gasteiger partial charge in [-0.25, -0.2) is 4.98 Å². The number of anilines is 3. The molecule has 0 unspecified atom stereocenters. The molecule has 0 amide bonds. The fourth-order valence-corrected chi connectivity index (χ4v) is 2.58. The van der Waals surface area contributed by atoms with Gasteiger partial charge in [0, 0.05) is 24.8 Å². The minimum atomic E-state index is 0.597. The molecule has 0 atom stereocenters. The summed E-state index contributed by atoms with van der Waals surface area (Å²) < 4.78 is 0. The second-order valence-electron chi connectivity index (χ2n) is 4.99. The summed E-state index contributed by atoms with van der Waals surface area (Å²) in [4.78, 5) is 11.3. The van der Waals surface area contributed by atoms with Gasteiger partial charge in [-0.3, -0.25) is 0 Å². The predicted molar refractivity (Wildman–Crippen MR) is 83.0 cm³/mol. The molecule has 20 heavy (non-hydrogen) atoms. The van der Waals surface area contributed by atoms with Crippen LogP contribution in [-0.2, 0) is 0 Å². The van der Waals surface area contributed by atoms with Crippen molar-refractivity contribution in [3.8, 4) is 0 Å². The van der Waals surface area contributed by atoms with Gasteiger partial charge in [-0.2, -0.15) is 4.98 Å². The molecule has 2 aromatic rings. The zero-order valence-electron chi connectivity index (χ0n) is 11.4. The van der Waals surface area contributed by atoms with Gasteiger partial charge in [0.25, 0.3) is 0 Å². The van der Waals surface area contributed by atoms with Crippen LogP contribution in [-0.4, -0.2) is 23.1 Å². The molecular weight excluding hydrogens is 272 g/mol. The Bertz CT molecular complexity index is 609. The molecular formula is C15H17ClN4. The van der Waals surface area contributed by atoms with Crippen LogP contribution >= 0.6 is 11.6 Å². The van der Waals surface area contributed by atoms with Crippen molar-refractivity contribution in [2.24, 2.45) is 0 Å². The van der Waals surface area contributed by atoms with Gasteiger partial charge in [0.1, 0.15) is 5.82 Å². The monoisotopic (exact) mass is 288 g/mol. The Hall–Kier alpha value is -1.81. The van der Waals surface area contributed by atoms with Gasteiger partial charge < -0.3 is 10.2 Å². The van der Waals surface area contributed by atoms with Crippen LogP contribution in [0.15, 0.2) is 30.3 Å². The van der Waals surface area contributed by atoms with E-state index in [-0.39, 0.29) is 0 Å². The smallest absolute Gasteiger partial charge is 0.229 e. The van der Waals surface area contributed by atoms with Crippen LogP contribution in [0.5, 0.6) is 0 Å². The van der Waals surface area contributed by atoms with Gasteiger partial charge in [0.2, 0.25) is 5.95 Å². The molecule has 1 aromatic heterocycles. The van der Waals surface area contributed by atoms with E-state index < -0.39 is 0 Å². The quantitative estimate of drug-likeness (QED) is 0.933. The highest BCUT2D eigenvalue weighted by atomic mass is 35.5. The second-order valence-corrected chi connectivity index (χ2v) is 5.40. The maximum absolute atomic E-state index is 6.15. The summed E-state index contributed by atoms with van der Waals surface area (Å²) in [5, 5.41) is 3.86. The fourth-order valence-electron chi connectivity index (χ4n) is 2.40. The van der Waals surface area contributed by atoms with Gasteiger partial charge >= 0.3 is 0 Å². The minimum Gasteiger partial charge on any atom is -0.356 e. The summed E-state index contributed by atoms with van der Waals surface area (Å²) in [5.74, 6) is 1.59. The molecule has 4 nitrogen and oxygen atoms in total. The molecule has 2 heterocycles. The first kappa shape index (κ1) is 13.2. The number of hydrogen-bond acceptors (Lipinski definition) is 4. The molecule has 0 bridgehead atoms. The normalized spacial score (nSPS) is 14.6. The summed E-state index contributed by atoms with van der Waals surface area (Å²) in [7, 11) is 0. The number of rotatable bonds is 3. The first-order chi connectivity index (χ1) is 9.72. The molecule has 3 rings (SSSR count). The molecule has 0 aliphatic carbocycles. The summed E-state index contributed by atoms with van der Waals surface area (Å²) in [5.41, 5.74) is 1.78. The van der Waals surface area contributed by atoms with E-state index in [1.165, 1.54) is 12.8 Å². The number of halogens is 1. The maximum Gasteiger partial charge on any atom is 0.229 e. The van der Waals surface area contributed by atoms with Gasteiger partial charge in [0.15, 0.2) is 0 Å². The molecule has 1 aromatic carbocycles. The molecule has 104 valence electrons. The van der Waals surface area contributed by atoms with E-state index >= 15 is 0 Å². The molecule has 1 N–H and O–H groups in total. The molecule has 0 spiro atoms. The number of aromatic nitrogens is 2. The van der Waals surface area contributed by atoms with Crippen molar-refractivity contribution in [2.75, 3.05) is 23.3 Å². The third-order valence-electron chi connectivity index (χ3n) is 3.39. The Morgan fingerprint density at radius 1 is 1.15 bits per heavy atom. The second kappa shape index (κ2) is 5.67. The Morgan fingerprint density at radius 2 is 1.90 bits per heavy atom. The van der Waals surface area contributed by atoms with Crippen molar-refractivity contribution in [3.63, 3.8) is 0 Å². The Morgan fingerprint density at radius 3 is 2.65 bits per heavy atom. The minimum absolute atomic E-state index is 0.597. The summed E-state index contributed by atoms with van der Waals surface area (Å²) in [6.45, 7) is 4.13. The van der Waals surface area contributed by atoms with Gasteiger partial charge in [0.05, 0.1) is 10.7 Å². The number of benzene rings is 1. The van der Waals surface area contributed by atoms with Crippen LogP contribution in [0, 0.1) is 6.92 Å². The molecule has 1 fully saturated rings. The SMILES string of the molecule is Cc1cc(N2CCCC2)nc(Nc2ccccc2Cl)n1. The van der Waals surface area contributed by atoms with E-state index in [9.17, 15) is 0 Å². The molecule has 1 saturated heterocycles. The first-order valence-corrected chi connectivity index (χ1v) is 7.22. The van der Waals surface area contributed by atoms with E-state index in [0.717, 1.165) is 30.3 Å². The average molecular weight is 289 g/mol. The Kier molecular flexibility index (Phi) is 3.74. The Labute approximate surface area is 123 Å². The van der Waals surface area contributed by atoms with Crippen LogP contribution in [0.1, 0.15) is 18.5 Å². The number of nitrogens with one attached hydrogen (secondary N) is 1. The van der Waals surface area contributed by atoms with E-state index in [0.29, 0.717) is 11.0 Å². The zero-order chi connectivity index (χ0) is 13.9. The van der Waals surface area contributed by atoms with E-state index in [1.54, 1.807) is 0 Å². The van der Waals surface area contributed by atoms with Crippen LogP contribution in [0.2, 0.25) is 5.02 Å². The Balaban J connectivity index is 1.88. The van der Waals surface area contributed by atoms with E-state index in [1.807, 2.05) is 37.3 Å². The summed E-state index contributed by atoms with van der Waals surface area (Å²) >= 11 is 6.15. The van der Waals surface area contributed by atoms with Crippen molar-refractivity contribution >= 4 is 29.1 Å². The third kappa shape index (κ3) is 2.85. The standard InChI is InChI=1S/C15H17ClN4/c1-11-10-14(20-8-4-5-9-20)19-15(17-11)18-13-7-3-2-6-12(13)16/h2-3,6-7,10H,4-5,8-9H2,1H3,(H,17,18,19). The van der Waals surface area contributed by atoms with Crippen molar-refractivity contribution < 1.29 is 0 Å². The lowest BCUT2D eigenvalue weighted by molar-refractivity contribution is 0.923. The number of aryl methyl sites for hydroxylation is 1. The number of para-hydroxylation sites is 1. The predicted octanol–water partition coefficient (Wildman–Crippen LogP) is 3.78. The molecule has 1 aliphatic heterocycles. The van der Waals surface area contributed by atoms with Crippen molar-refractivity contribution in [2.45, 2.75) is 19.8 Å². The van der Waals surface area contributed by atoms with Gasteiger partial charge in [-0.15, -0.1) is 0 Å². The van der Waals surface area contributed by atoms with Crippen LogP contribution < -0.4 is 10.2 Å². The third-order valence-corrected chi connectivity index (χ3v) is 3.72. The highest BCUT2D eigenvalue weighted by Gasteiger charge is 2.15. The fraction of sp³-hybridized carbons (Fsp3) is 0.333. The van der Waals surface area contributed by atoms with E-state index in [4.69, 9.17) is 11.6 Å². The molecule has 0 radical (unpaired) electrons. The number of hydrogen-bond donors (Lipinski definition) is 1. The average Bonchev–Trinajstić information content (AvgIpc) is 2.95. The molecule has 5 heteroatoms. The molecule has 0 saturated carbocycles. The topological polar surface area (TPSA) is 41.1 Å². The van der Waals surface area contributed by atoms with Crippen molar-refractivity contribution in [3.05, 3.63) is 41.0 Å². The van der Waals surface area contributed by atoms with Gasteiger partial charge in [-0.1, -0.05) is 23.7 Å². The van der Waals surface area contributed by atoms with Crippen LogP contribution in [0.4, 0.5) is 17.5 Å². The zero-order valence-corrected chi connectivity index (χ0v) is 12.2. The largest absolute Gasteiger partial charge is 0.356 e. The summed E-state index contributed by atoms with van der Waals surface area (Å²) in [6, 6.07) is 9.64. The van der Waals surface area contributed by atoms with Crippen molar-refractivity contribution in [1.82, 2.24) is 9.97 Å².